The Bertz CT molecular complexity index is 1570. The number of fused-ring (bicyclic) bond motifs is 1. The summed E-state index contributed by atoms with van der Waals surface area (Å²) in [5.41, 5.74) is 5.73. The molecule has 6 nitrogen and oxygen atoms in total. The fraction of sp³-hybridized carbons (Fsp3) is 0.115. The van der Waals surface area contributed by atoms with Crippen molar-refractivity contribution in [1.29, 1.82) is 0 Å². The van der Waals surface area contributed by atoms with Crippen molar-refractivity contribution < 1.29 is 22.7 Å². The van der Waals surface area contributed by atoms with Crippen LogP contribution in [-0.2, 0) is 0 Å². The predicted molar refractivity (Wildman–Crippen MR) is 132 cm³/mol. The van der Waals surface area contributed by atoms with Gasteiger partial charge in [-0.15, -0.1) is 24.5 Å². The SMILES string of the molecule is Cc1nc2ccccn2c1-c1csc(NC(=O)c2cccc(-c3ccc(OC(F)(F)F)cc3)c2C)n1. The molecule has 0 aliphatic heterocycles. The lowest BCUT2D eigenvalue weighted by atomic mass is 9.96. The highest BCUT2D eigenvalue weighted by atomic mass is 32.1. The zero-order valence-corrected chi connectivity index (χ0v) is 19.9. The van der Waals surface area contributed by atoms with E-state index in [0.29, 0.717) is 27.5 Å². The zero-order chi connectivity index (χ0) is 25.4. The Morgan fingerprint density at radius 2 is 1.78 bits per heavy atom. The quantitative estimate of drug-likeness (QED) is 0.281. The summed E-state index contributed by atoms with van der Waals surface area (Å²) in [5.74, 6) is -0.638. The van der Waals surface area contributed by atoms with Crippen LogP contribution in [0.2, 0.25) is 0 Å². The monoisotopic (exact) mass is 508 g/mol. The van der Waals surface area contributed by atoms with Gasteiger partial charge in [-0.05, 0) is 60.9 Å². The van der Waals surface area contributed by atoms with E-state index >= 15 is 0 Å². The number of hydrogen-bond donors (Lipinski definition) is 1. The number of aromatic nitrogens is 3. The molecule has 0 spiro atoms. The van der Waals surface area contributed by atoms with E-state index in [0.717, 1.165) is 22.6 Å². The van der Waals surface area contributed by atoms with Crippen molar-refractivity contribution in [2.24, 2.45) is 0 Å². The number of nitrogens with zero attached hydrogens (tertiary/aromatic N) is 3. The first-order chi connectivity index (χ1) is 17.2. The maximum atomic E-state index is 13.1. The lowest BCUT2D eigenvalue weighted by Crippen LogP contribution is -2.17. The van der Waals surface area contributed by atoms with E-state index in [4.69, 9.17) is 0 Å². The number of aryl methyl sites for hydroxylation is 1. The minimum atomic E-state index is -4.75. The van der Waals surface area contributed by atoms with Crippen molar-refractivity contribution in [3.05, 3.63) is 89.1 Å². The van der Waals surface area contributed by atoms with E-state index in [1.807, 2.05) is 41.1 Å². The molecule has 0 aliphatic carbocycles. The van der Waals surface area contributed by atoms with Gasteiger partial charge in [-0.3, -0.25) is 14.5 Å². The van der Waals surface area contributed by atoms with Crippen LogP contribution in [0.5, 0.6) is 5.75 Å². The first kappa shape index (κ1) is 23.6. The first-order valence-electron chi connectivity index (χ1n) is 10.9. The molecule has 0 fully saturated rings. The molecule has 1 N–H and O–H groups in total. The molecule has 0 radical (unpaired) electrons. The third-order valence-corrected chi connectivity index (χ3v) is 6.41. The van der Waals surface area contributed by atoms with Gasteiger partial charge in [-0.25, -0.2) is 9.97 Å². The summed E-state index contributed by atoms with van der Waals surface area (Å²) in [6.07, 6.45) is -2.84. The van der Waals surface area contributed by atoms with Gasteiger partial charge in [0.2, 0.25) is 0 Å². The Morgan fingerprint density at radius 1 is 1.00 bits per heavy atom. The van der Waals surface area contributed by atoms with Crippen molar-refractivity contribution in [3.63, 3.8) is 0 Å². The summed E-state index contributed by atoms with van der Waals surface area (Å²) in [7, 11) is 0. The molecule has 0 saturated heterocycles. The number of benzene rings is 2. The van der Waals surface area contributed by atoms with E-state index in [9.17, 15) is 18.0 Å². The molecule has 182 valence electrons. The van der Waals surface area contributed by atoms with Gasteiger partial charge < -0.3 is 4.74 Å². The fourth-order valence-electron chi connectivity index (χ4n) is 4.06. The van der Waals surface area contributed by atoms with Crippen LogP contribution < -0.4 is 10.1 Å². The van der Waals surface area contributed by atoms with Crippen molar-refractivity contribution in [1.82, 2.24) is 14.4 Å². The maximum absolute atomic E-state index is 13.1. The topological polar surface area (TPSA) is 68.5 Å². The van der Waals surface area contributed by atoms with Crippen LogP contribution >= 0.6 is 11.3 Å². The van der Waals surface area contributed by atoms with Gasteiger partial charge in [-0.1, -0.05) is 30.3 Å². The second-order valence-corrected chi connectivity index (χ2v) is 8.88. The Labute approximate surface area is 208 Å². The van der Waals surface area contributed by atoms with Gasteiger partial charge >= 0.3 is 6.36 Å². The van der Waals surface area contributed by atoms with Crippen LogP contribution in [0.1, 0.15) is 21.6 Å². The highest BCUT2D eigenvalue weighted by molar-refractivity contribution is 7.14. The van der Waals surface area contributed by atoms with Gasteiger partial charge in [0.25, 0.3) is 5.91 Å². The number of thiazole rings is 1. The number of alkyl halides is 3. The Kier molecular flexibility index (Phi) is 5.97. The second kappa shape index (κ2) is 9.12. The number of hydrogen-bond acceptors (Lipinski definition) is 5. The van der Waals surface area contributed by atoms with Crippen molar-refractivity contribution in [2.75, 3.05) is 5.32 Å². The molecule has 0 atom stereocenters. The highest BCUT2D eigenvalue weighted by Gasteiger charge is 2.31. The molecule has 5 rings (SSSR count). The number of nitrogens with one attached hydrogen (secondary N) is 1. The number of ether oxygens (including phenoxy) is 1. The Hall–Kier alpha value is -4.18. The molecule has 2 aromatic carbocycles. The number of amides is 1. The van der Waals surface area contributed by atoms with Gasteiger partial charge in [0.15, 0.2) is 5.13 Å². The Balaban J connectivity index is 1.38. The van der Waals surface area contributed by atoms with Crippen molar-refractivity contribution >= 4 is 28.0 Å². The van der Waals surface area contributed by atoms with Crippen LogP contribution in [-0.4, -0.2) is 26.6 Å². The molecule has 0 aliphatic rings. The van der Waals surface area contributed by atoms with Crippen LogP contribution in [0.4, 0.5) is 18.3 Å². The van der Waals surface area contributed by atoms with Crippen molar-refractivity contribution in [3.8, 4) is 28.3 Å². The van der Waals surface area contributed by atoms with Gasteiger partial charge in [0.05, 0.1) is 11.4 Å². The molecule has 0 saturated carbocycles. The summed E-state index contributed by atoms with van der Waals surface area (Å²) < 4.78 is 43.2. The molecule has 0 bridgehead atoms. The molecule has 1 amide bonds. The number of anilines is 1. The number of carbonyl (C=O) groups excluding carboxylic acids is 1. The molecule has 5 aromatic rings. The standard InChI is InChI=1S/C26H19F3N4O2S/c1-15-19(17-9-11-18(12-10-17)35-26(27,28)29)6-5-7-20(15)24(34)32-25-31-21(14-36-25)23-16(2)30-22-8-3-4-13-33(22)23/h3-14H,1-2H3,(H,31,32,34). The summed E-state index contributed by atoms with van der Waals surface area (Å²) >= 11 is 1.31. The first-order valence-corrected chi connectivity index (χ1v) is 11.7. The summed E-state index contributed by atoms with van der Waals surface area (Å²) in [6, 6.07) is 16.5. The van der Waals surface area contributed by atoms with E-state index in [1.165, 1.54) is 35.6 Å². The largest absolute Gasteiger partial charge is 0.573 e. The zero-order valence-electron chi connectivity index (χ0n) is 19.1. The summed E-state index contributed by atoms with van der Waals surface area (Å²) in [5, 5.41) is 5.17. The van der Waals surface area contributed by atoms with Gasteiger partial charge in [-0.2, -0.15) is 0 Å². The van der Waals surface area contributed by atoms with E-state index < -0.39 is 6.36 Å². The third-order valence-electron chi connectivity index (χ3n) is 5.65. The highest BCUT2D eigenvalue weighted by Crippen LogP contribution is 2.31. The normalized spacial score (nSPS) is 11.6. The minimum Gasteiger partial charge on any atom is -0.406 e. The van der Waals surface area contributed by atoms with E-state index in [-0.39, 0.29) is 11.7 Å². The molecular formula is C26H19F3N4O2S. The second-order valence-electron chi connectivity index (χ2n) is 8.02. The minimum absolute atomic E-state index is 0.307. The van der Waals surface area contributed by atoms with Crippen LogP contribution in [0.25, 0.3) is 28.2 Å². The average molecular weight is 509 g/mol. The molecule has 0 unspecified atom stereocenters. The van der Waals surface area contributed by atoms with Gasteiger partial charge in [0, 0.05) is 17.1 Å². The van der Waals surface area contributed by atoms with Crippen LogP contribution in [0.15, 0.2) is 72.2 Å². The Morgan fingerprint density at radius 3 is 2.53 bits per heavy atom. The van der Waals surface area contributed by atoms with E-state index in [1.54, 1.807) is 25.1 Å². The maximum Gasteiger partial charge on any atom is 0.573 e. The number of halogens is 3. The number of imidazole rings is 1. The smallest absolute Gasteiger partial charge is 0.406 e. The van der Waals surface area contributed by atoms with E-state index in [2.05, 4.69) is 20.0 Å². The van der Waals surface area contributed by atoms with Gasteiger partial charge in [0.1, 0.15) is 17.1 Å². The number of pyridine rings is 1. The average Bonchev–Trinajstić information content (AvgIpc) is 3.41. The molecule has 3 heterocycles. The fourth-order valence-corrected chi connectivity index (χ4v) is 4.75. The lowest BCUT2D eigenvalue weighted by Gasteiger charge is -2.12. The summed E-state index contributed by atoms with van der Waals surface area (Å²) in [4.78, 5) is 22.3. The van der Waals surface area contributed by atoms with Crippen LogP contribution in [0, 0.1) is 13.8 Å². The lowest BCUT2D eigenvalue weighted by molar-refractivity contribution is -0.274. The van der Waals surface area contributed by atoms with Crippen LogP contribution in [0.3, 0.4) is 0 Å². The van der Waals surface area contributed by atoms with Crippen molar-refractivity contribution in [2.45, 2.75) is 20.2 Å². The number of carbonyl (C=O) groups is 1. The third kappa shape index (κ3) is 4.67. The summed E-state index contributed by atoms with van der Waals surface area (Å²) in [6.45, 7) is 3.70. The molecule has 36 heavy (non-hydrogen) atoms. The molecule has 10 heteroatoms. The molecule has 3 aromatic heterocycles. The predicted octanol–water partition coefficient (Wildman–Crippen LogP) is 6.89. The number of rotatable bonds is 5. The molecular weight excluding hydrogens is 489 g/mol.